The summed E-state index contributed by atoms with van der Waals surface area (Å²) < 4.78 is 0. The van der Waals surface area contributed by atoms with Crippen molar-refractivity contribution in [3.05, 3.63) is 0 Å². The first-order chi connectivity index (χ1) is 9.75. The molecule has 0 radical (unpaired) electrons. The summed E-state index contributed by atoms with van der Waals surface area (Å²) in [6.07, 6.45) is 5.35. The minimum atomic E-state index is -1.31. The number of carbonyl (C=O) groups is 3. The van der Waals surface area contributed by atoms with E-state index in [2.05, 4.69) is 10.6 Å². The first kappa shape index (κ1) is 17.3. The zero-order valence-electron chi connectivity index (χ0n) is 12.9. The molecular formula is C14H25N3O4. The van der Waals surface area contributed by atoms with Gasteiger partial charge in [0.05, 0.1) is 6.54 Å². The van der Waals surface area contributed by atoms with Gasteiger partial charge in [0.1, 0.15) is 5.54 Å². The van der Waals surface area contributed by atoms with Gasteiger partial charge in [-0.25, -0.2) is 9.59 Å². The minimum Gasteiger partial charge on any atom is -0.480 e. The van der Waals surface area contributed by atoms with E-state index in [1.54, 1.807) is 0 Å². The van der Waals surface area contributed by atoms with E-state index in [9.17, 15) is 14.4 Å². The summed E-state index contributed by atoms with van der Waals surface area (Å²) in [5, 5.41) is 14.4. The van der Waals surface area contributed by atoms with Gasteiger partial charge in [-0.1, -0.05) is 19.3 Å². The zero-order chi connectivity index (χ0) is 16.0. The van der Waals surface area contributed by atoms with E-state index in [-0.39, 0.29) is 18.6 Å². The number of hydrogen-bond donors (Lipinski definition) is 3. The highest BCUT2D eigenvalue weighted by molar-refractivity contribution is 5.89. The van der Waals surface area contributed by atoms with Crippen LogP contribution >= 0.6 is 0 Å². The van der Waals surface area contributed by atoms with Gasteiger partial charge in [-0.3, -0.25) is 4.79 Å². The van der Waals surface area contributed by atoms with E-state index in [1.165, 1.54) is 27.3 Å². The summed E-state index contributed by atoms with van der Waals surface area (Å²) in [4.78, 5) is 35.8. The molecule has 0 atom stereocenters. The van der Waals surface area contributed by atoms with Gasteiger partial charge < -0.3 is 20.6 Å². The molecule has 0 unspecified atom stereocenters. The van der Waals surface area contributed by atoms with E-state index in [4.69, 9.17) is 5.11 Å². The molecule has 0 saturated heterocycles. The van der Waals surface area contributed by atoms with Gasteiger partial charge in [0.15, 0.2) is 0 Å². The van der Waals surface area contributed by atoms with Crippen molar-refractivity contribution in [1.82, 2.24) is 15.5 Å². The molecule has 3 N–H and O–H groups in total. The fraction of sp³-hybridized carbons (Fsp3) is 0.786. The van der Waals surface area contributed by atoms with Gasteiger partial charge in [-0.15, -0.1) is 0 Å². The summed E-state index contributed by atoms with van der Waals surface area (Å²) in [5.41, 5.74) is -1.31. The van der Waals surface area contributed by atoms with Crippen LogP contribution in [0, 0.1) is 0 Å². The predicted molar refractivity (Wildman–Crippen MR) is 77.9 cm³/mol. The molecule has 3 amide bonds. The molecule has 0 aromatic heterocycles. The van der Waals surface area contributed by atoms with Crippen molar-refractivity contribution in [3.8, 4) is 0 Å². The third kappa shape index (κ3) is 4.91. The predicted octanol–water partition coefficient (Wildman–Crippen LogP) is 0.940. The SMILES string of the molecule is CN(C(=O)CNC(=O)NC1CCCCC1)C(C)(C)C(=O)O. The second kappa shape index (κ2) is 7.28. The number of amides is 3. The van der Waals surface area contributed by atoms with Crippen LogP contribution in [0.3, 0.4) is 0 Å². The molecule has 1 aliphatic carbocycles. The van der Waals surface area contributed by atoms with Crippen molar-refractivity contribution >= 4 is 17.9 Å². The Morgan fingerprint density at radius 2 is 1.76 bits per heavy atom. The Kier molecular flexibility index (Phi) is 5.99. The number of nitrogens with one attached hydrogen (secondary N) is 2. The first-order valence-electron chi connectivity index (χ1n) is 7.29. The van der Waals surface area contributed by atoms with Gasteiger partial charge in [-0.2, -0.15) is 0 Å². The molecule has 0 aromatic rings. The first-order valence-corrected chi connectivity index (χ1v) is 7.29. The lowest BCUT2D eigenvalue weighted by Crippen LogP contribution is -2.54. The summed E-state index contributed by atoms with van der Waals surface area (Å²) >= 11 is 0. The van der Waals surface area contributed by atoms with Crippen LogP contribution in [0.2, 0.25) is 0 Å². The Bertz CT molecular complexity index is 403. The Balaban J connectivity index is 2.38. The van der Waals surface area contributed by atoms with Crippen LogP contribution in [0.25, 0.3) is 0 Å². The van der Waals surface area contributed by atoms with Crippen molar-refractivity contribution in [3.63, 3.8) is 0 Å². The second-order valence-electron chi connectivity index (χ2n) is 5.98. The maximum Gasteiger partial charge on any atom is 0.329 e. The normalized spacial score (nSPS) is 16.1. The monoisotopic (exact) mass is 299 g/mol. The number of rotatable bonds is 5. The fourth-order valence-corrected chi connectivity index (χ4v) is 2.21. The molecule has 0 aromatic carbocycles. The van der Waals surface area contributed by atoms with Crippen molar-refractivity contribution in [2.24, 2.45) is 0 Å². The molecule has 7 heteroatoms. The molecule has 0 spiro atoms. The molecule has 1 rings (SSSR count). The summed E-state index contributed by atoms with van der Waals surface area (Å²) in [6, 6.07) is -0.209. The lowest BCUT2D eigenvalue weighted by molar-refractivity contribution is -0.154. The number of carboxylic acid groups (broad SMARTS) is 1. The third-order valence-electron chi connectivity index (χ3n) is 4.08. The average Bonchev–Trinajstić information content (AvgIpc) is 2.44. The second-order valence-corrected chi connectivity index (χ2v) is 5.98. The third-order valence-corrected chi connectivity index (χ3v) is 4.08. The highest BCUT2D eigenvalue weighted by Gasteiger charge is 2.35. The summed E-state index contributed by atoms with van der Waals surface area (Å²) in [6.45, 7) is 2.66. The lowest BCUT2D eigenvalue weighted by atomic mass is 9.96. The molecule has 21 heavy (non-hydrogen) atoms. The molecule has 0 aliphatic heterocycles. The van der Waals surface area contributed by atoms with Crippen LogP contribution in [0.15, 0.2) is 0 Å². The number of nitrogens with zero attached hydrogens (tertiary/aromatic N) is 1. The Morgan fingerprint density at radius 1 is 1.19 bits per heavy atom. The molecule has 1 fully saturated rings. The van der Waals surface area contributed by atoms with E-state index < -0.39 is 17.4 Å². The highest BCUT2D eigenvalue weighted by Crippen LogP contribution is 2.17. The molecule has 1 aliphatic rings. The van der Waals surface area contributed by atoms with Crippen LogP contribution in [0.5, 0.6) is 0 Å². The van der Waals surface area contributed by atoms with Crippen molar-refractivity contribution < 1.29 is 19.5 Å². The maximum absolute atomic E-state index is 11.9. The summed E-state index contributed by atoms with van der Waals surface area (Å²) in [5.74, 6) is -1.54. The van der Waals surface area contributed by atoms with Gasteiger partial charge in [0, 0.05) is 13.1 Å². The number of aliphatic carboxylic acids is 1. The topological polar surface area (TPSA) is 98.7 Å². The Morgan fingerprint density at radius 3 is 2.29 bits per heavy atom. The number of carboxylic acids is 1. The molecule has 120 valence electrons. The number of carbonyl (C=O) groups excluding carboxylic acids is 2. The maximum atomic E-state index is 11.9. The van der Waals surface area contributed by atoms with Crippen molar-refractivity contribution in [2.75, 3.05) is 13.6 Å². The smallest absolute Gasteiger partial charge is 0.329 e. The zero-order valence-corrected chi connectivity index (χ0v) is 12.9. The van der Waals surface area contributed by atoms with Crippen LogP contribution in [0.1, 0.15) is 46.0 Å². The van der Waals surface area contributed by atoms with Crippen LogP contribution < -0.4 is 10.6 Å². The van der Waals surface area contributed by atoms with Crippen LogP contribution in [0.4, 0.5) is 4.79 Å². The lowest BCUT2D eigenvalue weighted by Gasteiger charge is -2.31. The van der Waals surface area contributed by atoms with Crippen molar-refractivity contribution in [1.29, 1.82) is 0 Å². The highest BCUT2D eigenvalue weighted by atomic mass is 16.4. The number of hydrogen-bond acceptors (Lipinski definition) is 3. The Labute approximate surface area is 125 Å². The van der Waals surface area contributed by atoms with Crippen LogP contribution in [-0.2, 0) is 9.59 Å². The molecule has 7 nitrogen and oxygen atoms in total. The van der Waals surface area contributed by atoms with Gasteiger partial charge >= 0.3 is 12.0 Å². The van der Waals surface area contributed by atoms with Crippen LogP contribution in [-0.4, -0.2) is 53.1 Å². The van der Waals surface area contributed by atoms with E-state index >= 15 is 0 Å². The summed E-state index contributed by atoms with van der Waals surface area (Å²) in [7, 11) is 1.41. The molecule has 1 saturated carbocycles. The van der Waals surface area contributed by atoms with E-state index in [0.717, 1.165) is 30.6 Å². The Hall–Kier alpha value is -1.79. The van der Waals surface area contributed by atoms with Crippen molar-refractivity contribution in [2.45, 2.75) is 57.5 Å². The number of likely N-dealkylation sites (N-methyl/N-ethyl adjacent to an activating group) is 1. The molecule has 0 bridgehead atoms. The molecule has 0 heterocycles. The quantitative estimate of drug-likeness (QED) is 0.703. The van der Waals surface area contributed by atoms with Gasteiger partial charge in [0.2, 0.25) is 5.91 Å². The minimum absolute atomic E-state index is 0.169. The average molecular weight is 299 g/mol. The van der Waals surface area contributed by atoms with E-state index in [1.807, 2.05) is 0 Å². The van der Waals surface area contributed by atoms with Gasteiger partial charge in [-0.05, 0) is 26.7 Å². The standard InChI is InChI=1S/C14H25N3O4/c1-14(2,12(19)20)17(3)11(18)9-15-13(21)16-10-7-5-4-6-8-10/h10H,4-9H2,1-3H3,(H,19,20)(H2,15,16,21). The molecular weight excluding hydrogens is 274 g/mol. The number of urea groups is 1. The fourth-order valence-electron chi connectivity index (χ4n) is 2.21. The van der Waals surface area contributed by atoms with Gasteiger partial charge in [0.25, 0.3) is 0 Å². The largest absolute Gasteiger partial charge is 0.480 e. The van der Waals surface area contributed by atoms with E-state index in [0.29, 0.717) is 0 Å².